The van der Waals surface area contributed by atoms with E-state index in [2.05, 4.69) is 0 Å². The highest BCUT2D eigenvalue weighted by Gasteiger charge is 2.39. The van der Waals surface area contributed by atoms with Gasteiger partial charge in [0.05, 0.1) is 6.42 Å². The van der Waals surface area contributed by atoms with Crippen molar-refractivity contribution in [1.82, 2.24) is 0 Å². The standard InChI is InChI=1S/C11H12O5/c1-3-6-5-15-11(13)9-7(14-2)4-8(12)16-10(6)9/h3,7H,4-5H2,1-2H3. The molecule has 2 heterocycles. The van der Waals surface area contributed by atoms with Crippen molar-refractivity contribution in [2.45, 2.75) is 19.4 Å². The summed E-state index contributed by atoms with van der Waals surface area (Å²) in [5, 5.41) is 0. The van der Waals surface area contributed by atoms with Crippen molar-refractivity contribution in [1.29, 1.82) is 0 Å². The van der Waals surface area contributed by atoms with Crippen molar-refractivity contribution >= 4 is 11.9 Å². The largest absolute Gasteiger partial charge is 0.457 e. The van der Waals surface area contributed by atoms with E-state index >= 15 is 0 Å². The maximum Gasteiger partial charge on any atom is 0.340 e. The van der Waals surface area contributed by atoms with Gasteiger partial charge in [-0.25, -0.2) is 4.79 Å². The third kappa shape index (κ3) is 1.63. The minimum atomic E-state index is -0.570. The number of cyclic esters (lactones) is 1. The monoisotopic (exact) mass is 224 g/mol. The number of esters is 2. The highest BCUT2D eigenvalue weighted by Crippen LogP contribution is 2.32. The summed E-state index contributed by atoms with van der Waals surface area (Å²) in [7, 11) is 1.45. The van der Waals surface area contributed by atoms with Gasteiger partial charge < -0.3 is 14.2 Å². The van der Waals surface area contributed by atoms with Gasteiger partial charge in [0.15, 0.2) is 0 Å². The van der Waals surface area contributed by atoms with Crippen molar-refractivity contribution in [2.75, 3.05) is 13.7 Å². The number of carbonyl (C=O) groups excluding carboxylic acids is 2. The van der Waals surface area contributed by atoms with Crippen molar-refractivity contribution in [3.63, 3.8) is 0 Å². The van der Waals surface area contributed by atoms with Gasteiger partial charge in [0.25, 0.3) is 0 Å². The lowest BCUT2D eigenvalue weighted by atomic mass is 9.97. The number of rotatable bonds is 1. The second-order valence-electron chi connectivity index (χ2n) is 3.54. The molecule has 2 aliphatic rings. The minimum Gasteiger partial charge on any atom is -0.457 e. The van der Waals surface area contributed by atoms with Gasteiger partial charge in [-0.3, -0.25) is 4.79 Å². The summed E-state index contributed by atoms with van der Waals surface area (Å²) in [5.74, 6) is -0.554. The molecule has 0 aromatic carbocycles. The lowest BCUT2D eigenvalue weighted by Crippen LogP contribution is -2.36. The van der Waals surface area contributed by atoms with E-state index in [-0.39, 0.29) is 19.0 Å². The Bertz CT molecular complexity index is 405. The van der Waals surface area contributed by atoms with Gasteiger partial charge in [-0.2, -0.15) is 0 Å². The quantitative estimate of drug-likeness (QED) is 0.614. The predicted octanol–water partition coefficient (Wildman–Crippen LogP) is 0.705. The van der Waals surface area contributed by atoms with Crippen molar-refractivity contribution < 1.29 is 23.8 Å². The lowest BCUT2D eigenvalue weighted by Gasteiger charge is -2.29. The Morgan fingerprint density at radius 3 is 2.81 bits per heavy atom. The van der Waals surface area contributed by atoms with Crippen molar-refractivity contribution in [3.05, 3.63) is 23.0 Å². The fraction of sp³-hybridized carbons (Fsp3) is 0.455. The summed E-state index contributed by atoms with van der Waals surface area (Å²) in [6.45, 7) is 1.93. The molecule has 0 radical (unpaired) electrons. The maximum atomic E-state index is 11.6. The molecule has 0 aromatic heterocycles. The van der Waals surface area contributed by atoms with E-state index in [1.165, 1.54) is 7.11 Å². The highest BCUT2D eigenvalue weighted by molar-refractivity contribution is 5.95. The summed E-state index contributed by atoms with van der Waals surface area (Å²) < 4.78 is 15.2. The van der Waals surface area contributed by atoms with Crippen LogP contribution in [-0.2, 0) is 23.8 Å². The predicted molar refractivity (Wildman–Crippen MR) is 53.2 cm³/mol. The molecule has 2 rings (SSSR count). The smallest absolute Gasteiger partial charge is 0.340 e. The number of methoxy groups -OCH3 is 1. The van der Waals surface area contributed by atoms with Gasteiger partial charge in [-0.1, -0.05) is 6.08 Å². The molecule has 0 aromatic rings. The second-order valence-corrected chi connectivity index (χ2v) is 3.54. The van der Waals surface area contributed by atoms with Crippen LogP contribution in [0.1, 0.15) is 13.3 Å². The third-order valence-electron chi connectivity index (χ3n) is 2.64. The van der Waals surface area contributed by atoms with E-state index in [1.54, 1.807) is 13.0 Å². The fourth-order valence-electron chi connectivity index (χ4n) is 1.78. The number of hydrogen-bond acceptors (Lipinski definition) is 5. The Balaban J connectivity index is 2.50. The molecule has 0 saturated heterocycles. The Hall–Kier alpha value is -1.62. The molecule has 1 atom stereocenters. The number of carbonyl (C=O) groups is 2. The molecule has 16 heavy (non-hydrogen) atoms. The molecule has 2 aliphatic heterocycles. The second kappa shape index (κ2) is 4.09. The molecule has 5 heteroatoms. The minimum absolute atomic E-state index is 0.0431. The van der Waals surface area contributed by atoms with Crippen LogP contribution in [0.15, 0.2) is 23.0 Å². The first-order valence-electron chi connectivity index (χ1n) is 4.97. The SMILES string of the molecule is CC=C1COC(=O)C2=C1OC(=O)CC2OC. The van der Waals surface area contributed by atoms with E-state index in [1.807, 2.05) is 0 Å². The average Bonchev–Trinajstić information content (AvgIpc) is 2.28. The van der Waals surface area contributed by atoms with Gasteiger partial charge in [0.1, 0.15) is 24.0 Å². The Morgan fingerprint density at radius 2 is 2.19 bits per heavy atom. The van der Waals surface area contributed by atoms with E-state index < -0.39 is 12.1 Å². The van der Waals surface area contributed by atoms with Gasteiger partial charge in [0, 0.05) is 12.7 Å². The summed E-state index contributed by atoms with van der Waals surface area (Å²) in [4.78, 5) is 22.9. The van der Waals surface area contributed by atoms with Crippen LogP contribution in [0, 0.1) is 0 Å². The van der Waals surface area contributed by atoms with Crippen LogP contribution >= 0.6 is 0 Å². The van der Waals surface area contributed by atoms with Crippen LogP contribution < -0.4 is 0 Å². The maximum absolute atomic E-state index is 11.6. The first-order valence-corrected chi connectivity index (χ1v) is 4.97. The van der Waals surface area contributed by atoms with Crippen molar-refractivity contribution in [3.8, 4) is 0 Å². The molecule has 0 amide bonds. The summed E-state index contributed by atoms with van der Waals surface area (Å²) >= 11 is 0. The fourth-order valence-corrected chi connectivity index (χ4v) is 1.78. The molecule has 0 aliphatic carbocycles. The van der Waals surface area contributed by atoms with Crippen LogP contribution in [-0.4, -0.2) is 31.8 Å². The van der Waals surface area contributed by atoms with Crippen LogP contribution in [0.3, 0.4) is 0 Å². The normalized spacial score (nSPS) is 27.6. The van der Waals surface area contributed by atoms with Crippen molar-refractivity contribution in [2.24, 2.45) is 0 Å². The first-order chi connectivity index (χ1) is 7.67. The lowest BCUT2D eigenvalue weighted by molar-refractivity contribution is -0.149. The summed E-state index contributed by atoms with van der Waals surface area (Å²) in [5.41, 5.74) is 1.01. The Labute approximate surface area is 92.7 Å². The number of ether oxygens (including phenoxy) is 3. The molecule has 0 saturated carbocycles. The van der Waals surface area contributed by atoms with E-state index in [0.29, 0.717) is 16.9 Å². The molecule has 86 valence electrons. The van der Waals surface area contributed by atoms with E-state index in [0.717, 1.165) is 0 Å². The zero-order valence-electron chi connectivity index (χ0n) is 9.11. The zero-order chi connectivity index (χ0) is 11.7. The van der Waals surface area contributed by atoms with Crippen LogP contribution in [0.4, 0.5) is 0 Å². The average molecular weight is 224 g/mol. The molecule has 1 unspecified atom stereocenters. The molecule has 0 spiro atoms. The molecule has 0 fully saturated rings. The van der Waals surface area contributed by atoms with Gasteiger partial charge in [-0.15, -0.1) is 0 Å². The number of allylic oxidation sites excluding steroid dienone is 1. The third-order valence-corrected chi connectivity index (χ3v) is 2.64. The zero-order valence-corrected chi connectivity index (χ0v) is 9.11. The van der Waals surface area contributed by atoms with E-state index in [4.69, 9.17) is 14.2 Å². The van der Waals surface area contributed by atoms with Crippen LogP contribution in [0.5, 0.6) is 0 Å². The van der Waals surface area contributed by atoms with Gasteiger partial charge >= 0.3 is 11.9 Å². The Kier molecular flexibility index (Phi) is 2.78. The van der Waals surface area contributed by atoms with Gasteiger partial charge in [0.2, 0.25) is 0 Å². The van der Waals surface area contributed by atoms with Crippen LogP contribution in [0.2, 0.25) is 0 Å². The first kappa shape index (κ1) is 10.9. The highest BCUT2D eigenvalue weighted by atomic mass is 16.6. The van der Waals surface area contributed by atoms with Gasteiger partial charge in [-0.05, 0) is 6.92 Å². The molecular weight excluding hydrogens is 212 g/mol. The summed E-state index contributed by atoms with van der Waals surface area (Å²) in [6, 6.07) is 0. The van der Waals surface area contributed by atoms with Crippen LogP contribution in [0.25, 0.3) is 0 Å². The molecular formula is C11H12O5. The Morgan fingerprint density at radius 1 is 1.44 bits per heavy atom. The number of hydrogen-bond donors (Lipinski definition) is 0. The molecule has 5 nitrogen and oxygen atoms in total. The molecule has 0 bridgehead atoms. The topological polar surface area (TPSA) is 61.8 Å². The summed E-state index contributed by atoms with van der Waals surface area (Å²) in [6.07, 6.45) is 1.23. The molecule has 0 N–H and O–H groups in total. The van der Waals surface area contributed by atoms with E-state index in [9.17, 15) is 9.59 Å².